The maximum atomic E-state index is 11.8. The summed E-state index contributed by atoms with van der Waals surface area (Å²) in [6.45, 7) is 6.75. The lowest BCUT2D eigenvalue weighted by molar-refractivity contribution is -0.137. The molecule has 0 aliphatic carbocycles. The van der Waals surface area contributed by atoms with Gasteiger partial charge in [-0.25, -0.2) is 0 Å². The van der Waals surface area contributed by atoms with Gasteiger partial charge in [0.1, 0.15) is 6.10 Å². The van der Waals surface area contributed by atoms with Crippen LogP contribution in [0.1, 0.15) is 33.6 Å². The molecule has 0 aromatic carbocycles. The summed E-state index contributed by atoms with van der Waals surface area (Å²) in [6.07, 6.45) is 0.175. The standard InChI is InChI=1S/C15H30N2O4S/c1-5-9-22-10-8-16-12(18)6-7-17-14(20)13(19)15(2,3)11-21-4/h13,19H,5-11H2,1-4H3,(H,16,18)(H,17,20). The van der Waals surface area contributed by atoms with Crippen LogP contribution < -0.4 is 10.6 Å². The number of amides is 2. The van der Waals surface area contributed by atoms with Crippen LogP contribution in [0.25, 0.3) is 0 Å². The summed E-state index contributed by atoms with van der Waals surface area (Å²) in [6, 6.07) is 0. The second-order valence-corrected chi connectivity index (χ2v) is 7.05. The second-order valence-electron chi connectivity index (χ2n) is 5.83. The van der Waals surface area contributed by atoms with E-state index >= 15 is 0 Å². The van der Waals surface area contributed by atoms with E-state index in [4.69, 9.17) is 4.74 Å². The predicted molar refractivity (Wildman–Crippen MR) is 89.9 cm³/mol. The molecule has 1 unspecified atom stereocenters. The molecule has 0 aliphatic rings. The maximum absolute atomic E-state index is 11.8. The number of nitrogens with one attached hydrogen (secondary N) is 2. The maximum Gasteiger partial charge on any atom is 0.249 e. The molecule has 0 fully saturated rings. The highest BCUT2D eigenvalue weighted by molar-refractivity contribution is 7.99. The number of carbonyl (C=O) groups excluding carboxylic acids is 2. The lowest BCUT2D eigenvalue weighted by Gasteiger charge is -2.28. The molecule has 2 amide bonds. The molecule has 1 atom stereocenters. The monoisotopic (exact) mass is 334 g/mol. The molecule has 130 valence electrons. The lowest BCUT2D eigenvalue weighted by atomic mass is 9.87. The van der Waals surface area contributed by atoms with Gasteiger partial charge < -0.3 is 20.5 Å². The topological polar surface area (TPSA) is 87.7 Å². The lowest BCUT2D eigenvalue weighted by Crippen LogP contribution is -2.46. The fourth-order valence-electron chi connectivity index (χ4n) is 1.80. The molecule has 0 heterocycles. The largest absolute Gasteiger partial charge is 0.384 e. The van der Waals surface area contributed by atoms with Crippen molar-refractivity contribution in [1.82, 2.24) is 10.6 Å². The molecule has 0 saturated heterocycles. The van der Waals surface area contributed by atoms with Crippen molar-refractivity contribution in [1.29, 1.82) is 0 Å². The first-order valence-corrected chi connectivity index (χ1v) is 8.79. The average Bonchev–Trinajstić information content (AvgIpc) is 2.46. The Labute approximate surface area is 137 Å². The Morgan fingerprint density at radius 2 is 1.91 bits per heavy atom. The van der Waals surface area contributed by atoms with Gasteiger partial charge in [0.2, 0.25) is 11.8 Å². The van der Waals surface area contributed by atoms with E-state index in [0.717, 1.165) is 17.9 Å². The van der Waals surface area contributed by atoms with Gasteiger partial charge in [-0.05, 0) is 12.2 Å². The van der Waals surface area contributed by atoms with E-state index in [9.17, 15) is 14.7 Å². The molecule has 0 spiro atoms. The zero-order valence-corrected chi connectivity index (χ0v) is 14.9. The van der Waals surface area contributed by atoms with E-state index < -0.39 is 17.4 Å². The van der Waals surface area contributed by atoms with Crippen molar-refractivity contribution in [3.8, 4) is 0 Å². The molecule has 7 heteroatoms. The minimum absolute atomic E-state index is 0.0944. The van der Waals surface area contributed by atoms with Gasteiger partial charge in [-0.15, -0.1) is 0 Å². The van der Waals surface area contributed by atoms with E-state index in [1.807, 2.05) is 0 Å². The number of aliphatic hydroxyl groups excluding tert-OH is 1. The van der Waals surface area contributed by atoms with E-state index in [0.29, 0.717) is 6.54 Å². The molecule has 0 bridgehead atoms. The minimum atomic E-state index is -1.17. The van der Waals surface area contributed by atoms with Gasteiger partial charge in [-0.1, -0.05) is 20.8 Å². The number of hydrogen-bond donors (Lipinski definition) is 3. The highest BCUT2D eigenvalue weighted by Crippen LogP contribution is 2.20. The molecular formula is C15H30N2O4S. The number of ether oxygens (including phenoxy) is 1. The van der Waals surface area contributed by atoms with Crippen LogP contribution in [-0.2, 0) is 14.3 Å². The van der Waals surface area contributed by atoms with Crippen molar-refractivity contribution >= 4 is 23.6 Å². The zero-order valence-electron chi connectivity index (χ0n) is 14.1. The third-order valence-electron chi connectivity index (χ3n) is 3.07. The first kappa shape index (κ1) is 21.2. The summed E-state index contributed by atoms with van der Waals surface area (Å²) in [4.78, 5) is 23.4. The number of methoxy groups -OCH3 is 1. The van der Waals surface area contributed by atoms with Crippen LogP contribution in [0, 0.1) is 5.41 Å². The van der Waals surface area contributed by atoms with Crippen molar-refractivity contribution in [3.05, 3.63) is 0 Å². The SMILES string of the molecule is CCCSCCNC(=O)CCNC(=O)C(O)C(C)(C)COC. The minimum Gasteiger partial charge on any atom is -0.384 e. The average molecular weight is 334 g/mol. The van der Waals surface area contributed by atoms with Crippen molar-refractivity contribution < 1.29 is 19.4 Å². The summed E-state index contributed by atoms with van der Waals surface area (Å²) in [7, 11) is 1.52. The number of carbonyl (C=O) groups is 2. The normalized spacial score (nSPS) is 12.8. The van der Waals surface area contributed by atoms with Gasteiger partial charge in [-0.3, -0.25) is 9.59 Å². The highest BCUT2D eigenvalue weighted by Gasteiger charge is 2.33. The molecule has 0 rings (SSSR count). The highest BCUT2D eigenvalue weighted by atomic mass is 32.2. The first-order chi connectivity index (χ1) is 10.3. The van der Waals surface area contributed by atoms with E-state index in [-0.39, 0.29) is 25.5 Å². The Morgan fingerprint density at radius 1 is 1.23 bits per heavy atom. The van der Waals surface area contributed by atoms with E-state index in [2.05, 4.69) is 17.6 Å². The number of thioether (sulfide) groups is 1. The molecule has 0 aromatic rings. The first-order valence-electron chi connectivity index (χ1n) is 7.64. The van der Waals surface area contributed by atoms with Crippen molar-refractivity contribution in [2.75, 3.05) is 38.3 Å². The molecular weight excluding hydrogens is 304 g/mol. The van der Waals surface area contributed by atoms with Gasteiger partial charge >= 0.3 is 0 Å². The summed E-state index contributed by atoms with van der Waals surface area (Å²) >= 11 is 1.81. The van der Waals surface area contributed by atoms with Crippen LogP contribution in [0.15, 0.2) is 0 Å². The van der Waals surface area contributed by atoms with Crippen molar-refractivity contribution in [2.45, 2.75) is 39.7 Å². The van der Waals surface area contributed by atoms with Crippen molar-refractivity contribution in [3.63, 3.8) is 0 Å². The molecule has 0 aromatic heterocycles. The third-order valence-corrected chi connectivity index (χ3v) is 4.26. The number of aliphatic hydroxyl groups is 1. The van der Waals surface area contributed by atoms with Crippen molar-refractivity contribution in [2.24, 2.45) is 5.41 Å². The molecule has 6 nitrogen and oxygen atoms in total. The molecule has 0 saturated carbocycles. The number of hydrogen-bond acceptors (Lipinski definition) is 5. The molecule has 0 radical (unpaired) electrons. The summed E-state index contributed by atoms with van der Waals surface area (Å²) in [5.41, 5.74) is -0.669. The quantitative estimate of drug-likeness (QED) is 0.459. The Kier molecular flexibility index (Phi) is 11.3. The summed E-state index contributed by atoms with van der Waals surface area (Å²) < 4.78 is 4.99. The van der Waals surface area contributed by atoms with Gasteiger partial charge in [-0.2, -0.15) is 11.8 Å². The molecule has 22 heavy (non-hydrogen) atoms. The second kappa shape index (κ2) is 11.7. The van der Waals surface area contributed by atoms with E-state index in [1.165, 1.54) is 7.11 Å². The van der Waals surface area contributed by atoms with Crippen LogP contribution in [-0.4, -0.2) is 61.3 Å². The van der Waals surface area contributed by atoms with Crippen LogP contribution >= 0.6 is 11.8 Å². The van der Waals surface area contributed by atoms with Gasteiger partial charge in [0.25, 0.3) is 0 Å². The Hall–Kier alpha value is -0.790. The fraction of sp³-hybridized carbons (Fsp3) is 0.867. The summed E-state index contributed by atoms with van der Waals surface area (Å²) in [5.74, 6) is 1.42. The molecule has 0 aliphatic heterocycles. The van der Waals surface area contributed by atoms with Crippen LogP contribution in [0.5, 0.6) is 0 Å². The molecule has 3 N–H and O–H groups in total. The Bertz CT molecular complexity index is 338. The van der Waals surface area contributed by atoms with Gasteiger partial charge in [0.15, 0.2) is 0 Å². The van der Waals surface area contributed by atoms with Crippen LogP contribution in [0.4, 0.5) is 0 Å². The van der Waals surface area contributed by atoms with Crippen LogP contribution in [0.3, 0.4) is 0 Å². The zero-order chi connectivity index (χ0) is 17.0. The van der Waals surface area contributed by atoms with E-state index in [1.54, 1.807) is 25.6 Å². The Balaban J connectivity index is 3.85. The number of rotatable bonds is 12. The van der Waals surface area contributed by atoms with Gasteiger partial charge in [0.05, 0.1) is 6.61 Å². The van der Waals surface area contributed by atoms with Gasteiger partial charge in [0, 0.05) is 37.8 Å². The van der Waals surface area contributed by atoms with Crippen LogP contribution in [0.2, 0.25) is 0 Å². The Morgan fingerprint density at radius 3 is 2.50 bits per heavy atom. The fourth-order valence-corrected chi connectivity index (χ4v) is 2.54. The summed E-state index contributed by atoms with van der Waals surface area (Å²) in [5, 5.41) is 15.3. The third kappa shape index (κ3) is 9.27. The smallest absolute Gasteiger partial charge is 0.249 e. The predicted octanol–water partition coefficient (Wildman–Crippen LogP) is 0.786.